The Bertz CT molecular complexity index is 776. The summed E-state index contributed by atoms with van der Waals surface area (Å²) in [7, 11) is 0. The van der Waals surface area contributed by atoms with E-state index in [2.05, 4.69) is 37.2 Å². The van der Waals surface area contributed by atoms with Crippen LogP contribution in [0, 0.1) is 5.92 Å². The van der Waals surface area contributed by atoms with E-state index in [0.717, 1.165) is 24.0 Å². The molecule has 1 saturated carbocycles. The number of nitrogens with one attached hydrogen (secondary N) is 1. The first kappa shape index (κ1) is 12.9. The lowest BCUT2D eigenvalue weighted by atomic mass is 9.78. The molecule has 0 aliphatic heterocycles. The predicted molar refractivity (Wildman–Crippen MR) is 77.5 cm³/mol. The number of rotatable bonds is 4. The summed E-state index contributed by atoms with van der Waals surface area (Å²) in [5, 5.41) is 10.8. The van der Waals surface area contributed by atoms with Crippen molar-refractivity contribution in [3.63, 3.8) is 0 Å². The van der Waals surface area contributed by atoms with Gasteiger partial charge in [0.2, 0.25) is 5.95 Å². The maximum Gasteiger partial charge on any atom is 0.261 e. The van der Waals surface area contributed by atoms with Gasteiger partial charge in [0.25, 0.3) is 5.89 Å². The first-order valence-corrected chi connectivity index (χ1v) is 7.09. The van der Waals surface area contributed by atoms with Gasteiger partial charge in [-0.15, -0.1) is 0 Å². The topological polar surface area (TPSA) is 119 Å². The van der Waals surface area contributed by atoms with E-state index in [-0.39, 0.29) is 11.4 Å². The summed E-state index contributed by atoms with van der Waals surface area (Å²) in [6, 6.07) is 0. The molecule has 3 aromatic rings. The Balaban J connectivity index is 1.78. The summed E-state index contributed by atoms with van der Waals surface area (Å²) < 4.78 is 5.39. The van der Waals surface area contributed by atoms with E-state index in [1.165, 1.54) is 0 Å². The monoisotopic (exact) mass is 297 g/mol. The number of nitrogens with zero attached hydrogens (tertiary/aromatic N) is 5. The summed E-state index contributed by atoms with van der Waals surface area (Å²) in [6.45, 7) is 2.10. The molecule has 3 N–H and O–H groups in total. The van der Waals surface area contributed by atoms with Crippen molar-refractivity contribution >= 4 is 5.95 Å². The van der Waals surface area contributed by atoms with Crippen molar-refractivity contribution in [2.75, 3.05) is 5.73 Å². The zero-order valence-electron chi connectivity index (χ0n) is 12.0. The summed E-state index contributed by atoms with van der Waals surface area (Å²) in [4.78, 5) is 12.8. The van der Waals surface area contributed by atoms with Crippen molar-refractivity contribution in [2.45, 2.75) is 25.2 Å². The molecule has 0 saturated heterocycles. The van der Waals surface area contributed by atoms with E-state index < -0.39 is 0 Å². The minimum Gasteiger partial charge on any atom is -0.368 e. The third-order valence-electron chi connectivity index (χ3n) is 4.30. The van der Waals surface area contributed by atoms with E-state index in [1.807, 2.05) is 0 Å². The number of H-pyrrole nitrogens is 1. The van der Waals surface area contributed by atoms with Gasteiger partial charge in [0.15, 0.2) is 5.82 Å². The fourth-order valence-corrected chi connectivity index (χ4v) is 2.73. The zero-order chi connectivity index (χ0) is 15.2. The Morgan fingerprint density at radius 1 is 1.27 bits per heavy atom. The Labute approximate surface area is 126 Å². The van der Waals surface area contributed by atoms with Gasteiger partial charge < -0.3 is 10.3 Å². The summed E-state index contributed by atoms with van der Waals surface area (Å²) in [5.41, 5.74) is 6.93. The second kappa shape index (κ2) is 4.62. The highest BCUT2D eigenvalue weighted by Crippen LogP contribution is 2.50. The number of nitrogens with two attached hydrogens (primary N) is 1. The molecular formula is C14H15N7O. The van der Waals surface area contributed by atoms with Crippen LogP contribution in [0.15, 0.2) is 29.3 Å². The van der Waals surface area contributed by atoms with E-state index in [4.69, 9.17) is 10.3 Å². The number of aromatic amines is 1. The largest absolute Gasteiger partial charge is 0.368 e. The second-order valence-corrected chi connectivity index (χ2v) is 5.72. The summed E-state index contributed by atoms with van der Waals surface area (Å²) in [6.07, 6.45) is 9.10. The standard InChI is InChI=1S/C14H15N7O/c1-14(9-2-3-9,10-6-16-13(15)17-7-10)12-20-11(22-21-12)8-4-18-19-5-8/h4-7,9H,2-3H2,1H3,(H,18,19)(H2,15,16,17). The lowest BCUT2D eigenvalue weighted by Gasteiger charge is -2.25. The Kier molecular flexibility index (Phi) is 2.72. The number of hydrogen-bond donors (Lipinski definition) is 2. The van der Waals surface area contributed by atoms with Crippen LogP contribution in [-0.4, -0.2) is 30.3 Å². The molecule has 4 rings (SSSR count). The van der Waals surface area contributed by atoms with E-state index >= 15 is 0 Å². The van der Waals surface area contributed by atoms with Gasteiger partial charge in [-0.2, -0.15) is 10.1 Å². The minimum atomic E-state index is -0.376. The molecule has 0 bridgehead atoms. The van der Waals surface area contributed by atoms with Crippen molar-refractivity contribution in [1.82, 2.24) is 30.3 Å². The van der Waals surface area contributed by atoms with Crippen LogP contribution in [-0.2, 0) is 5.41 Å². The van der Waals surface area contributed by atoms with Crippen molar-refractivity contribution < 1.29 is 4.52 Å². The van der Waals surface area contributed by atoms with Gasteiger partial charge in [-0.3, -0.25) is 5.10 Å². The molecule has 22 heavy (non-hydrogen) atoms. The van der Waals surface area contributed by atoms with Crippen molar-refractivity contribution in [3.05, 3.63) is 36.2 Å². The smallest absolute Gasteiger partial charge is 0.261 e. The fraction of sp³-hybridized carbons (Fsp3) is 0.357. The SMILES string of the molecule is CC(c1cnc(N)nc1)(c1noc(-c2cn[nH]c2)n1)C1CC1. The summed E-state index contributed by atoms with van der Waals surface area (Å²) >= 11 is 0. The molecular weight excluding hydrogens is 282 g/mol. The average molecular weight is 297 g/mol. The molecule has 0 amide bonds. The normalized spacial score (nSPS) is 17.3. The predicted octanol–water partition coefficient (Wildman–Crippen LogP) is 1.55. The van der Waals surface area contributed by atoms with Crippen molar-refractivity contribution in [2.24, 2.45) is 5.92 Å². The van der Waals surface area contributed by atoms with Gasteiger partial charge in [-0.05, 0) is 25.7 Å². The maximum absolute atomic E-state index is 5.59. The van der Waals surface area contributed by atoms with Gasteiger partial charge in [0, 0.05) is 24.2 Å². The van der Waals surface area contributed by atoms with Crippen LogP contribution in [0.4, 0.5) is 5.95 Å². The lowest BCUT2D eigenvalue weighted by Crippen LogP contribution is -2.28. The molecule has 112 valence electrons. The molecule has 1 atom stereocenters. The molecule has 0 radical (unpaired) electrons. The van der Waals surface area contributed by atoms with Gasteiger partial charge in [-0.1, -0.05) is 5.16 Å². The Hall–Kier alpha value is -2.77. The van der Waals surface area contributed by atoms with Crippen molar-refractivity contribution in [3.8, 4) is 11.5 Å². The average Bonchev–Trinajstić information content (AvgIpc) is 3.03. The van der Waals surface area contributed by atoms with E-state index in [9.17, 15) is 0 Å². The summed E-state index contributed by atoms with van der Waals surface area (Å²) in [5.74, 6) is 1.80. The van der Waals surface area contributed by atoms with Crippen LogP contribution in [0.5, 0.6) is 0 Å². The van der Waals surface area contributed by atoms with Crippen LogP contribution in [0.25, 0.3) is 11.5 Å². The van der Waals surface area contributed by atoms with Crippen LogP contribution in [0.2, 0.25) is 0 Å². The van der Waals surface area contributed by atoms with E-state index in [0.29, 0.717) is 17.6 Å². The first-order valence-electron chi connectivity index (χ1n) is 7.09. The zero-order valence-corrected chi connectivity index (χ0v) is 12.0. The highest BCUT2D eigenvalue weighted by atomic mass is 16.5. The van der Waals surface area contributed by atoms with E-state index in [1.54, 1.807) is 24.8 Å². The van der Waals surface area contributed by atoms with Crippen LogP contribution >= 0.6 is 0 Å². The second-order valence-electron chi connectivity index (χ2n) is 5.72. The number of anilines is 1. The van der Waals surface area contributed by atoms with Gasteiger partial charge >= 0.3 is 0 Å². The Morgan fingerprint density at radius 2 is 2.05 bits per heavy atom. The molecule has 0 spiro atoms. The lowest BCUT2D eigenvalue weighted by molar-refractivity contribution is 0.385. The molecule has 1 unspecified atom stereocenters. The molecule has 1 fully saturated rings. The molecule has 8 heteroatoms. The fourth-order valence-electron chi connectivity index (χ4n) is 2.73. The molecule has 1 aliphatic rings. The molecule has 3 aromatic heterocycles. The third kappa shape index (κ3) is 1.95. The van der Waals surface area contributed by atoms with Crippen LogP contribution in [0.3, 0.4) is 0 Å². The number of aromatic nitrogens is 6. The molecule has 8 nitrogen and oxygen atoms in total. The Morgan fingerprint density at radius 3 is 2.68 bits per heavy atom. The molecule has 1 aliphatic carbocycles. The maximum atomic E-state index is 5.59. The van der Waals surface area contributed by atoms with Gasteiger partial charge in [-0.25, -0.2) is 9.97 Å². The van der Waals surface area contributed by atoms with Crippen LogP contribution < -0.4 is 5.73 Å². The quantitative estimate of drug-likeness (QED) is 0.749. The number of hydrogen-bond acceptors (Lipinski definition) is 7. The van der Waals surface area contributed by atoms with Gasteiger partial charge in [0.05, 0.1) is 17.2 Å². The highest BCUT2D eigenvalue weighted by Gasteiger charge is 2.48. The third-order valence-corrected chi connectivity index (χ3v) is 4.30. The van der Waals surface area contributed by atoms with Crippen molar-refractivity contribution in [1.29, 1.82) is 0 Å². The molecule has 0 aromatic carbocycles. The minimum absolute atomic E-state index is 0.258. The van der Waals surface area contributed by atoms with Crippen LogP contribution in [0.1, 0.15) is 31.2 Å². The molecule has 3 heterocycles. The number of nitrogen functional groups attached to an aromatic ring is 1. The van der Waals surface area contributed by atoms with Gasteiger partial charge in [0.1, 0.15) is 0 Å². The first-order chi connectivity index (χ1) is 10.7. The highest BCUT2D eigenvalue weighted by molar-refractivity contribution is 5.50.